The van der Waals surface area contributed by atoms with E-state index in [9.17, 15) is 0 Å². The van der Waals surface area contributed by atoms with Gasteiger partial charge in [0.1, 0.15) is 0 Å². The topological polar surface area (TPSA) is 24.4 Å². The van der Waals surface area contributed by atoms with Crippen LogP contribution in [0.2, 0.25) is 0 Å². The summed E-state index contributed by atoms with van der Waals surface area (Å²) in [6.45, 7) is 4.38. The first kappa shape index (κ1) is 11.9. The number of hydrogen-bond acceptors (Lipinski definition) is 3. The number of aliphatic imine (C=N–C) groups is 1. The van der Waals surface area contributed by atoms with Crippen LogP contribution >= 0.6 is 11.8 Å². The van der Waals surface area contributed by atoms with Crippen molar-refractivity contribution in [1.29, 1.82) is 0 Å². The molecule has 0 aromatic heterocycles. The van der Waals surface area contributed by atoms with Crippen LogP contribution in [0.1, 0.15) is 45.4 Å². The second-order valence-corrected chi connectivity index (χ2v) is 4.81. The van der Waals surface area contributed by atoms with Gasteiger partial charge in [0, 0.05) is 18.8 Å². The Morgan fingerprint density at radius 2 is 2.21 bits per heavy atom. The third kappa shape index (κ3) is 5.53. The van der Waals surface area contributed by atoms with Gasteiger partial charge >= 0.3 is 0 Å². The lowest BCUT2D eigenvalue weighted by atomic mass is 10.2. The van der Waals surface area contributed by atoms with Gasteiger partial charge in [0.2, 0.25) is 0 Å². The molecular formula is C11H22N2S. The fourth-order valence-electron chi connectivity index (χ4n) is 1.46. The van der Waals surface area contributed by atoms with E-state index >= 15 is 0 Å². The normalized spacial score (nSPS) is 17.1. The lowest BCUT2D eigenvalue weighted by molar-refractivity contribution is 0.707. The number of hydrogen-bond donors (Lipinski definition) is 1. The number of nitrogens with one attached hydrogen (secondary N) is 1. The standard InChI is InChI=1S/C11H22N2S/c1-2-3-4-7-10-14-11-12-8-5-6-9-13-11/h2-10H2,1H3,(H,12,13). The molecule has 82 valence electrons. The van der Waals surface area contributed by atoms with Gasteiger partial charge in [0.25, 0.3) is 0 Å². The molecule has 0 fully saturated rings. The lowest BCUT2D eigenvalue weighted by Gasteiger charge is -2.05. The Morgan fingerprint density at radius 1 is 1.29 bits per heavy atom. The molecule has 2 nitrogen and oxygen atoms in total. The molecule has 0 amide bonds. The number of unbranched alkanes of at least 4 members (excludes halogenated alkanes) is 3. The van der Waals surface area contributed by atoms with Crippen molar-refractivity contribution in [3.8, 4) is 0 Å². The first-order valence-electron chi connectivity index (χ1n) is 5.84. The van der Waals surface area contributed by atoms with Gasteiger partial charge in [-0.25, -0.2) is 0 Å². The van der Waals surface area contributed by atoms with E-state index in [1.165, 1.54) is 49.4 Å². The highest BCUT2D eigenvalue weighted by Crippen LogP contribution is 2.10. The minimum Gasteiger partial charge on any atom is -0.365 e. The Labute approximate surface area is 92.0 Å². The van der Waals surface area contributed by atoms with Crippen LogP contribution in [0.3, 0.4) is 0 Å². The fourth-order valence-corrected chi connectivity index (χ4v) is 2.39. The third-order valence-corrected chi connectivity index (χ3v) is 3.39. The van der Waals surface area contributed by atoms with Crippen molar-refractivity contribution < 1.29 is 0 Å². The van der Waals surface area contributed by atoms with Crippen LogP contribution in [0.15, 0.2) is 4.99 Å². The van der Waals surface area contributed by atoms with Crippen LogP contribution in [0, 0.1) is 0 Å². The predicted octanol–water partition coefficient (Wildman–Crippen LogP) is 3.04. The quantitative estimate of drug-likeness (QED) is 0.711. The Morgan fingerprint density at radius 3 is 3.07 bits per heavy atom. The first-order chi connectivity index (χ1) is 6.93. The summed E-state index contributed by atoms with van der Waals surface area (Å²) in [6, 6.07) is 0. The van der Waals surface area contributed by atoms with Crippen molar-refractivity contribution in [2.24, 2.45) is 4.99 Å². The Kier molecular flexibility index (Phi) is 6.93. The maximum Gasteiger partial charge on any atom is 0.156 e. The van der Waals surface area contributed by atoms with E-state index in [1.807, 2.05) is 11.8 Å². The molecule has 0 unspecified atom stereocenters. The lowest BCUT2D eigenvalue weighted by Crippen LogP contribution is -2.20. The van der Waals surface area contributed by atoms with Gasteiger partial charge in [-0.05, 0) is 19.3 Å². The van der Waals surface area contributed by atoms with Crippen LogP contribution in [0.4, 0.5) is 0 Å². The van der Waals surface area contributed by atoms with E-state index in [-0.39, 0.29) is 0 Å². The van der Waals surface area contributed by atoms with Crippen molar-refractivity contribution in [2.45, 2.75) is 45.4 Å². The van der Waals surface area contributed by atoms with Gasteiger partial charge in [0.05, 0.1) is 0 Å². The van der Waals surface area contributed by atoms with E-state index in [0.717, 1.165) is 13.1 Å². The van der Waals surface area contributed by atoms with E-state index in [0.29, 0.717) is 0 Å². The maximum absolute atomic E-state index is 4.51. The van der Waals surface area contributed by atoms with E-state index < -0.39 is 0 Å². The Balaban J connectivity index is 2.01. The minimum atomic E-state index is 1.02. The van der Waals surface area contributed by atoms with Gasteiger partial charge in [-0.3, -0.25) is 4.99 Å². The molecule has 0 bridgehead atoms. The summed E-state index contributed by atoms with van der Waals surface area (Å²) in [5.74, 6) is 1.23. The largest absolute Gasteiger partial charge is 0.365 e. The number of rotatable bonds is 5. The monoisotopic (exact) mass is 214 g/mol. The zero-order chi connectivity index (χ0) is 10.1. The molecule has 0 aromatic rings. The Hall–Kier alpha value is -0.180. The molecule has 0 aromatic carbocycles. The summed E-state index contributed by atoms with van der Waals surface area (Å²) >= 11 is 1.90. The molecule has 0 radical (unpaired) electrons. The van der Waals surface area contributed by atoms with E-state index in [4.69, 9.17) is 0 Å². The van der Waals surface area contributed by atoms with Gasteiger partial charge < -0.3 is 5.32 Å². The highest BCUT2D eigenvalue weighted by atomic mass is 32.2. The average Bonchev–Trinajstić information content (AvgIpc) is 2.46. The predicted molar refractivity (Wildman–Crippen MR) is 66.1 cm³/mol. The summed E-state index contributed by atoms with van der Waals surface area (Å²) in [7, 11) is 0. The number of amidine groups is 1. The van der Waals surface area contributed by atoms with Crippen LogP contribution in [-0.4, -0.2) is 24.0 Å². The molecule has 0 saturated heterocycles. The van der Waals surface area contributed by atoms with Gasteiger partial charge in [-0.2, -0.15) is 0 Å². The molecule has 14 heavy (non-hydrogen) atoms. The Bertz CT molecular complexity index is 169. The zero-order valence-electron chi connectivity index (χ0n) is 9.22. The molecule has 0 spiro atoms. The van der Waals surface area contributed by atoms with E-state index in [1.54, 1.807) is 0 Å². The highest BCUT2D eigenvalue weighted by Gasteiger charge is 2.02. The third-order valence-electron chi connectivity index (χ3n) is 2.35. The maximum atomic E-state index is 4.51. The molecule has 1 heterocycles. The van der Waals surface area contributed by atoms with Crippen molar-refractivity contribution in [3.63, 3.8) is 0 Å². The number of nitrogens with zero attached hydrogens (tertiary/aromatic N) is 1. The van der Waals surface area contributed by atoms with Crippen LogP contribution < -0.4 is 5.32 Å². The first-order valence-corrected chi connectivity index (χ1v) is 6.83. The molecule has 0 atom stereocenters. The second-order valence-electron chi connectivity index (χ2n) is 3.73. The smallest absolute Gasteiger partial charge is 0.156 e. The fraction of sp³-hybridized carbons (Fsp3) is 0.909. The molecule has 0 aliphatic carbocycles. The van der Waals surface area contributed by atoms with Crippen molar-refractivity contribution >= 4 is 16.9 Å². The zero-order valence-corrected chi connectivity index (χ0v) is 10.0. The molecule has 1 aliphatic rings. The van der Waals surface area contributed by atoms with E-state index in [2.05, 4.69) is 17.2 Å². The molecular weight excluding hydrogens is 192 g/mol. The minimum absolute atomic E-state index is 1.02. The molecule has 3 heteroatoms. The average molecular weight is 214 g/mol. The van der Waals surface area contributed by atoms with Crippen molar-refractivity contribution in [3.05, 3.63) is 0 Å². The van der Waals surface area contributed by atoms with Gasteiger partial charge in [-0.15, -0.1) is 0 Å². The van der Waals surface area contributed by atoms with Crippen LogP contribution in [0.25, 0.3) is 0 Å². The SMILES string of the molecule is CCCCCCSC1=NCCCCN1. The van der Waals surface area contributed by atoms with Crippen LogP contribution in [-0.2, 0) is 0 Å². The van der Waals surface area contributed by atoms with Gasteiger partial charge in [0.15, 0.2) is 5.17 Å². The summed E-state index contributed by atoms with van der Waals surface area (Å²) in [6.07, 6.45) is 7.91. The van der Waals surface area contributed by atoms with Crippen molar-refractivity contribution in [1.82, 2.24) is 5.32 Å². The summed E-state index contributed by atoms with van der Waals surface area (Å²) in [5.41, 5.74) is 0. The van der Waals surface area contributed by atoms with Crippen LogP contribution in [0.5, 0.6) is 0 Å². The van der Waals surface area contributed by atoms with Gasteiger partial charge in [-0.1, -0.05) is 37.9 Å². The summed E-state index contributed by atoms with van der Waals surface area (Å²) in [5, 5.41) is 4.57. The highest BCUT2D eigenvalue weighted by molar-refractivity contribution is 8.13. The molecule has 0 saturated carbocycles. The second kappa shape index (κ2) is 8.16. The molecule has 1 aliphatic heterocycles. The molecule has 1 rings (SSSR count). The van der Waals surface area contributed by atoms with Crippen molar-refractivity contribution in [2.75, 3.05) is 18.8 Å². The molecule has 1 N–H and O–H groups in total. The summed E-state index contributed by atoms with van der Waals surface area (Å²) < 4.78 is 0. The summed E-state index contributed by atoms with van der Waals surface area (Å²) in [4.78, 5) is 4.51. The number of thioether (sulfide) groups is 1.